The molecule has 0 saturated heterocycles. The van der Waals surface area contributed by atoms with E-state index >= 15 is 0 Å². The van der Waals surface area contributed by atoms with Gasteiger partial charge in [0, 0.05) is 16.8 Å². The highest BCUT2D eigenvalue weighted by atomic mass is 35.5. The van der Waals surface area contributed by atoms with Gasteiger partial charge in [-0.25, -0.2) is 8.42 Å². The average molecular weight is 391 g/mol. The van der Waals surface area contributed by atoms with Crippen molar-refractivity contribution < 1.29 is 27.9 Å². The van der Waals surface area contributed by atoms with E-state index in [1.165, 1.54) is 31.2 Å². The van der Waals surface area contributed by atoms with Gasteiger partial charge in [0.25, 0.3) is 5.91 Å². The van der Waals surface area contributed by atoms with Crippen molar-refractivity contribution in [2.24, 2.45) is 0 Å². The predicted molar refractivity (Wildman–Crippen MR) is 92.3 cm³/mol. The summed E-state index contributed by atoms with van der Waals surface area (Å²) in [5.74, 6) is -2.97. The van der Waals surface area contributed by atoms with Crippen LogP contribution in [0.4, 0.5) is 0 Å². The molecule has 0 bridgehead atoms. The van der Waals surface area contributed by atoms with Gasteiger partial charge in [0.05, 0.1) is 5.75 Å². The van der Waals surface area contributed by atoms with Gasteiger partial charge < -0.3 is 15.7 Å². The molecule has 25 heavy (non-hydrogen) atoms. The second-order valence-corrected chi connectivity index (χ2v) is 8.22. The summed E-state index contributed by atoms with van der Waals surface area (Å²) in [6, 6.07) is 3.51. The lowest BCUT2D eigenvalue weighted by molar-refractivity contribution is -0.141. The van der Waals surface area contributed by atoms with E-state index in [0.717, 1.165) is 6.26 Å². The van der Waals surface area contributed by atoms with Gasteiger partial charge in [-0.1, -0.05) is 11.6 Å². The van der Waals surface area contributed by atoms with Crippen LogP contribution >= 0.6 is 11.6 Å². The van der Waals surface area contributed by atoms with Crippen LogP contribution in [0.2, 0.25) is 5.02 Å². The summed E-state index contributed by atoms with van der Waals surface area (Å²) in [6.07, 6.45) is 0.819. The summed E-state index contributed by atoms with van der Waals surface area (Å²) in [7, 11) is -3.37. The van der Waals surface area contributed by atoms with E-state index in [9.17, 15) is 22.8 Å². The minimum Gasteiger partial charge on any atom is -0.480 e. The largest absolute Gasteiger partial charge is 0.480 e. The monoisotopic (exact) mass is 390 g/mol. The molecule has 2 amide bonds. The number of carboxylic acids is 1. The Morgan fingerprint density at radius 2 is 1.72 bits per heavy atom. The highest BCUT2D eigenvalue weighted by molar-refractivity contribution is 7.90. The lowest BCUT2D eigenvalue weighted by Crippen LogP contribution is -2.51. The van der Waals surface area contributed by atoms with Crippen LogP contribution in [0.15, 0.2) is 24.3 Å². The van der Waals surface area contributed by atoms with E-state index in [4.69, 9.17) is 16.7 Å². The van der Waals surface area contributed by atoms with Crippen LogP contribution in [0.1, 0.15) is 23.7 Å². The number of carbonyl (C=O) groups is 3. The molecule has 0 spiro atoms. The molecule has 1 unspecified atom stereocenters. The van der Waals surface area contributed by atoms with Crippen LogP contribution in [-0.4, -0.2) is 55.4 Å². The molecule has 0 aliphatic carbocycles. The van der Waals surface area contributed by atoms with E-state index in [2.05, 4.69) is 10.6 Å². The Morgan fingerprint density at radius 1 is 1.16 bits per heavy atom. The molecular formula is C15H19ClN2O6S. The molecule has 1 rings (SSSR count). The first kappa shape index (κ1) is 20.9. The van der Waals surface area contributed by atoms with Gasteiger partial charge in [-0.15, -0.1) is 0 Å². The maximum atomic E-state index is 12.2. The Hall–Kier alpha value is -2.13. The average Bonchev–Trinajstić information content (AvgIpc) is 2.50. The maximum absolute atomic E-state index is 12.2. The van der Waals surface area contributed by atoms with Crippen molar-refractivity contribution in [1.82, 2.24) is 10.6 Å². The summed E-state index contributed by atoms with van der Waals surface area (Å²) in [4.78, 5) is 35.2. The molecule has 1 aromatic rings. The summed E-state index contributed by atoms with van der Waals surface area (Å²) in [5.41, 5.74) is 0.229. The number of hydrogen-bond donors (Lipinski definition) is 3. The fourth-order valence-corrected chi connectivity index (χ4v) is 2.61. The molecule has 0 fully saturated rings. The number of halogens is 1. The van der Waals surface area contributed by atoms with Gasteiger partial charge in [0.15, 0.2) is 0 Å². The first-order valence-electron chi connectivity index (χ1n) is 7.27. The minimum absolute atomic E-state index is 0.184. The number of sulfone groups is 1. The SMILES string of the molecule is C[C@@H](NC(=O)C(CCS(C)(=O)=O)NC(=O)c1ccc(Cl)cc1)C(=O)O. The van der Waals surface area contributed by atoms with Crippen molar-refractivity contribution in [1.29, 1.82) is 0 Å². The Morgan fingerprint density at radius 3 is 2.20 bits per heavy atom. The van der Waals surface area contributed by atoms with Crippen LogP contribution in [0.5, 0.6) is 0 Å². The van der Waals surface area contributed by atoms with Gasteiger partial charge in [-0.2, -0.15) is 0 Å². The van der Waals surface area contributed by atoms with Crippen molar-refractivity contribution >= 4 is 39.2 Å². The van der Waals surface area contributed by atoms with Gasteiger partial charge in [-0.05, 0) is 37.6 Å². The van der Waals surface area contributed by atoms with Crippen molar-refractivity contribution in [2.75, 3.05) is 12.0 Å². The van der Waals surface area contributed by atoms with Crippen LogP contribution < -0.4 is 10.6 Å². The Kier molecular flexibility index (Phi) is 7.38. The zero-order chi connectivity index (χ0) is 19.2. The molecule has 2 atom stereocenters. The summed E-state index contributed by atoms with van der Waals surface area (Å²) in [6.45, 7) is 1.26. The number of rotatable bonds is 8. The highest BCUT2D eigenvalue weighted by Crippen LogP contribution is 2.10. The number of carboxylic acid groups (broad SMARTS) is 1. The topological polar surface area (TPSA) is 130 Å². The fraction of sp³-hybridized carbons (Fsp3) is 0.400. The molecule has 0 aliphatic rings. The second kappa shape index (κ2) is 8.82. The van der Waals surface area contributed by atoms with Crippen LogP contribution in [-0.2, 0) is 19.4 Å². The zero-order valence-corrected chi connectivity index (χ0v) is 15.2. The molecule has 0 aliphatic heterocycles. The highest BCUT2D eigenvalue weighted by Gasteiger charge is 2.25. The lowest BCUT2D eigenvalue weighted by Gasteiger charge is -2.19. The third-order valence-corrected chi connectivity index (χ3v) is 4.46. The molecule has 3 N–H and O–H groups in total. The molecule has 0 heterocycles. The number of benzene rings is 1. The van der Waals surface area contributed by atoms with E-state index in [1.54, 1.807) is 0 Å². The molecule has 0 radical (unpaired) electrons. The van der Waals surface area contributed by atoms with Crippen molar-refractivity contribution in [3.63, 3.8) is 0 Å². The fourth-order valence-electron chi connectivity index (χ4n) is 1.82. The van der Waals surface area contributed by atoms with E-state index in [0.29, 0.717) is 5.02 Å². The molecule has 138 valence electrons. The second-order valence-electron chi connectivity index (χ2n) is 5.52. The molecule has 0 saturated carbocycles. The standard InChI is InChI=1S/C15H19ClN2O6S/c1-9(15(21)22)17-14(20)12(7-8-25(2,23)24)18-13(19)10-3-5-11(16)6-4-10/h3-6,9,12H,7-8H2,1-2H3,(H,17,20)(H,18,19)(H,21,22)/t9-,12?/m1/s1. The van der Waals surface area contributed by atoms with Crippen molar-refractivity contribution in [3.05, 3.63) is 34.9 Å². The zero-order valence-electron chi connectivity index (χ0n) is 13.7. The van der Waals surface area contributed by atoms with Gasteiger partial charge in [0.1, 0.15) is 21.9 Å². The third-order valence-electron chi connectivity index (χ3n) is 3.23. The van der Waals surface area contributed by atoms with Crippen LogP contribution in [0.25, 0.3) is 0 Å². The smallest absolute Gasteiger partial charge is 0.325 e. The van der Waals surface area contributed by atoms with E-state index in [1.807, 2.05) is 0 Å². The van der Waals surface area contributed by atoms with Crippen molar-refractivity contribution in [2.45, 2.75) is 25.4 Å². The Balaban J connectivity index is 2.89. The quantitative estimate of drug-likeness (QED) is 0.591. The van der Waals surface area contributed by atoms with Gasteiger partial charge in [0.2, 0.25) is 5.91 Å². The third kappa shape index (κ3) is 7.53. The van der Waals surface area contributed by atoms with Crippen LogP contribution in [0.3, 0.4) is 0 Å². The Bertz CT molecular complexity index is 748. The van der Waals surface area contributed by atoms with E-state index in [-0.39, 0.29) is 17.7 Å². The number of carbonyl (C=O) groups excluding carboxylic acids is 2. The van der Waals surface area contributed by atoms with Gasteiger partial charge >= 0.3 is 5.97 Å². The normalized spacial score (nSPS) is 13.6. The molecule has 10 heteroatoms. The molecular weight excluding hydrogens is 372 g/mol. The first-order chi connectivity index (χ1) is 11.5. The maximum Gasteiger partial charge on any atom is 0.325 e. The van der Waals surface area contributed by atoms with E-state index < -0.39 is 39.7 Å². The number of nitrogens with one attached hydrogen (secondary N) is 2. The van der Waals surface area contributed by atoms with Gasteiger partial charge in [-0.3, -0.25) is 14.4 Å². The molecule has 1 aromatic carbocycles. The lowest BCUT2D eigenvalue weighted by atomic mass is 10.1. The van der Waals surface area contributed by atoms with Crippen molar-refractivity contribution in [3.8, 4) is 0 Å². The first-order valence-corrected chi connectivity index (χ1v) is 9.71. The molecule has 0 aromatic heterocycles. The summed E-state index contributed by atoms with van der Waals surface area (Å²) in [5, 5.41) is 13.9. The summed E-state index contributed by atoms with van der Waals surface area (Å²) >= 11 is 5.74. The number of aliphatic carboxylic acids is 1. The Labute approximate surface area is 150 Å². The number of hydrogen-bond acceptors (Lipinski definition) is 5. The molecule has 8 nitrogen and oxygen atoms in total. The predicted octanol–water partition coefficient (Wildman–Crippen LogP) is 0.462. The summed E-state index contributed by atoms with van der Waals surface area (Å²) < 4.78 is 22.7. The van der Waals surface area contributed by atoms with Crippen LogP contribution in [0, 0.1) is 0 Å². The number of amides is 2. The minimum atomic E-state index is -3.37.